The summed E-state index contributed by atoms with van der Waals surface area (Å²) in [5.74, 6) is 0.918. The van der Waals surface area contributed by atoms with Crippen LogP contribution < -0.4 is 0 Å². The molecule has 1 aliphatic carbocycles. The number of carbonyl (C=O) groups excluding carboxylic acids is 1. The molecule has 1 saturated carbocycles. The number of hydrogen-bond acceptors (Lipinski definition) is 4. The number of carbonyl (C=O) groups is 1. The maximum Gasteiger partial charge on any atom is 0.139 e. The molecule has 2 aliphatic rings. The van der Waals surface area contributed by atoms with E-state index in [0.29, 0.717) is 31.0 Å². The summed E-state index contributed by atoms with van der Waals surface area (Å²) in [6, 6.07) is 12.1. The fourth-order valence-corrected chi connectivity index (χ4v) is 3.82. The standard InChI is InChI=1S/C22H24N2O2/c1-14(15-5-3-2-4-6-15)9-19(26)11-18-10-17-12-23-22(16-7-8-16)21(17)20(13-25)24-18/h2-6,10,14,16,25H,7-9,11-13H2,1H3/t14-/m0/s1. The van der Waals surface area contributed by atoms with Crippen LogP contribution in [0.15, 0.2) is 41.4 Å². The minimum atomic E-state index is -0.101. The van der Waals surface area contributed by atoms with Gasteiger partial charge in [-0.2, -0.15) is 0 Å². The molecule has 1 fully saturated rings. The molecule has 0 saturated heterocycles. The third-order valence-electron chi connectivity index (χ3n) is 5.30. The molecule has 1 N–H and O–H groups in total. The van der Waals surface area contributed by atoms with E-state index in [1.807, 2.05) is 24.3 Å². The number of aromatic nitrogens is 1. The van der Waals surface area contributed by atoms with Gasteiger partial charge in [0.15, 0.2) is 0 Å². The first-order chi connectivity index (χ1) is 12.7. The number of aliphatic imine (C=N–C) groups is 1. The molecule has 0 amide bonds. The summed E-state index contributed by atoms with van der Waals surface area (Å²) in [5.41, 5.74) is 5.90. The monoisotopic (exact) mass is 348 g/mol. The zero-order chi connectivity index (χ0) is 18.1. The van der Waals surface area contributed by atoms with Gasteiger partial charge in [-0.1, -0.05) is 37.3 Å². The van der Waals surface area contributed by atoms with Gasteiger partial charge in [-0.15, -0.1) is 0 Å². The quantitative estimate of drug-likeness (QED) is 0.832. The Morgan fingerprint density at radius 3 is 2.73 bits per heavy atom. The Morgan fingerprint density at radius 1 is 1.27 bits per heavy atom. The third kappa shape index (κ3) is 3.47. The fraction of sp³-hybridized carbons (Fsp3) is 0.409. The third-order valence-corrected chi connectivity index (χ3v) is 5.30. The van der Waals surface area contributed by atoms with E-state index in [1.54, 1.807) is 0 Å². The highest BCUT2D eigenvalue weighted by molar-refractivity contribution is 6.07. The Labute approximate surface area is 154 Å². The van der Waals surface area contributed by atoms with Gasteiger partial charge in [-0.05, 0) is 36.0 Å². The number of pyridine rings is 1. The van der Waals surface area contributed by atoms with Crippen molar-refractivity contribution >= 4 is 11.5 Å². The van der Waals surface area contributed by atoms with Crippen LogP contribution in [-0.4, -0.2) is 21.6 Å². The maximum absolute atomic E-state index is 12.5. The maximum atomic E-state index is 12.5. The van der Waals surface area contributed by atoms with Crippen molar-refractivity contribution in [3.63, 3.8) is 0 Å². The molecule has 4 nitrogen and oxygen atoms in total. The molecule has 0 bridgehead atoms. The molecular weight excluding hydrogens is 324 g/mol. The molecule has 4 heteroatoms. The van der Waals surface area contributed by atoms with Crippen LogP contribution in [0.4, 0.5) is 0 Å². The summed E-state index contributed by atoms with van der Waals surface area (Å²) in [5, 5.41) is 9.77. The van der Waals surface area contributed by atoms with E-state index in [-0.39, 0.29) is 18.3 Å². The molecule has 4 rings (SSSR count). The smallest absolute Gasteiger partial charge is 0.139 e. The molecule has 1 aromatic carbocycles. The first-order valence-corrected chi connectivity index (χ1v) is 9.39. The van der Waals surface area contributed by atoms with Crippen LogP contribution in [0.3, 0.4) is 0 Å². The lowest BCUT2D eigenvalue weighted by atomic mass is 9.93. The van der Waals surface area contributed by atoms with Crippen LogP contribution in [0.25, 0.3) is 0 Å². The lowest BCUT2D eigenvalue weighted by molar-refractivity contribution is -0.118. The van der Waals surface area contributed by atoms with Crippen molar-refractivity contribution in [2.75, 3.05) is 0 Å². The Morgan fingerprint density at radius 2 is 2.04 bits per heavy atom. The topological polar surface area (TPSA) is 62.5 Å². The second kappa shape index (κ2) is 7.12. The normalized spacial score (nSPS) is 16.9. The Hall–Kier alpha value is -2.33. The molecule has 0 unspecified atom stereocenters. The second-order valence-corrected chi connectivity index (χ2v) is 7.46. The van der Waals surface area contributed by atoms with Crippen LogP contribution in [0, 0.1) is 5.92 Å². The van der Waals surface area contributed by atoms with Crippen LogP contribution in [0.2, 0.25) is 0 Å². The van der Waals surface area contributed by atoms with Gasteiger partial charge in [-0.25, -0.2) is 0 Å². The van der Waals surface area contributed by atoms with Crippen molar-refractivity contribution in [1.82, 2.24) is 4.98 Å². The largest absolute Gasteiger partial charge is 0.390 e. The Balaban J connectivity index is 1.48. The van der Waals surface area contributed by atoms with Crippen molar-refractivity contribution in [2.45, 2.75) is 51.7 Å². The van der Waals surface area contributed by atoms with E-state index in [0.717, 1.165) is 22.5 Å². The number of Topliss-reactive ketones (excluding diaryl/α,β-unsaturated/α-hetero) is 1. The van der Waals surface area contributed by atoms with Gasteiger partial charge in [0.2, 0.25) is 0 Å². The van der Waals surface area contributed by atoms with Crippen molar-refractivity contribution < 1.29 is 9.90 Å². The van der Waals surface area contributed by atoms with Crippen molar-refractivity contribution in [2.24, 2.45) is 10.9 Å². The number of rotatable bonds is 7. The Kier molecular flexibility index (Phi) is 4.68. The van der Waals surface area contributed by atoms with E-state index in [4.69, 9.17) is 0 Å². The zero-order valence-electron chi connectivity index (χ0n) is 15.1. The molecule has 2 aromatic rings. The van der Waals surface area contributed by atoms with Gasteiger partial charge in [-0.3, -0.25) is 14.8 Å². The van der Waals surface area contributed by atoms with Gasteiger partial charge in [0, 0.05) is 35.7 Å². The first-order valence-electron chi connectivity index (χ1n) is 9.39. The van der Waals surface area contributed by atoms with Gasteiger partial charge in [0.05, 0.1) is 18.8 Å². The van der Waals surface area contributed by atoms with Gasteiger partial charge < -0.3 is 5.11 Å². The SMILES string of the molecule is C[C@@H](CC(=O)Cc1cc2c(c(CO)n1)C(C1CC1)=NC2)c1ccccc1. The number of aliphatic hydroxyl groups excluding tert-OH is 1. The predicted octanol–water partition coefficient (Wildman–Crippen LogP) is 3.59. The number of hydrogen-bond donors (Lipinski definition) is 1. The molecule has 2 heterocycles. The average molecular weight is 348 g/mol. The lowest BCUT2D eigenvalue weighted by Gasteiger charge is -2.13. The van der Waals surface area contributed by atoms with E-state index < -0.39 is 0 Å². The molecule has 1 atom stereocenters. The first kappa shape index (κ1) is 17.1. The highest BCUT2D eigenvalue weighted by atomic mass is 16.3. The van der Waals surface area contributed by atoms with Gasteiger partial charge in [0.25, 0.3) is 0 Å². The van der Waals surface area contributed by atoms with Crippen LogP contribution in [0.5, 0.6) is 0 Å². The van der Waals surface area contributed by atoms with Crippen molar-refractivity contribution in [3.05, 3.63) is 64.5 Å². The second-order valence-electron chi connectivity index (χ2n) is 7.46. The molecule has 1 aromatic heterocycles. The average Bonchev–Trinajstić information content (AvgIpc) is 3.41. The summed E-state index contributed by atoms with van der Waals surface area (Å²) in [6.07, 6.45) is 3.18. The van der Waals surface area contributed by atoms with Crippen molar-refractivity contribution in [1.29, 1.82) is 0 Å². The zero-order valence-corrected chi connectivity index (χ0v) is 15.1. The molecule has 134 valence electrons. The number of fused-ring (bicyclic) bond motifs is 1. The van der Waals surface area contributed by atoms with Gasteiger partial charge in [0.1, 0.15) is 5.78 Å². The van der Waals surface area contributed by atoms with Crippen molar-refractivity contribution in [3.8, 4) is 0 Å². The number of aliphatic hydroxyl groups is 1. The van der Waals surface area contributed by atoms with Gasteiger partial charge >= 0.3 is 0 Å². The number of benzene rings is 1. The van der Waals surface area contributed by atoms with Crippen LogP contribution in [0.1, 0.15) is 60.2 Å². The molecular formula is C22H24N2O2. The summed E-state index contributed by atoms with van der Waals surface area (Å²) in [7, 11) is 0. The minimum absolute atomic E-state index is 0.101. The summed E-state index contributed by atoms with van der Waals surface area (Å²) in [4.78, 5) is 21.8. The molecule has 0 spiro atoms. The Bertz CT molecular complexity index is 854. The van der Waals surface area contributed by atoms with E-state index >= 15 is 0 Å². The molecule has 26 heavy (non-hydrogen) atoms. The minimum Gasteiger partial charge on any atom is -0.390 e. The lowest BCUT2D eigenvalue weighted by Crippen LogP contribution is -2.13. The predicted molar refractivity (Wildman–Crippen MR) is 101 cm³/mol. The van der Waals surface area contributed by atoms with E-state index in [2.05, 4.69) is 29.0 Å². The fourth-order valence-electron chi connectivity index (χ4n) is 3.82. The molecule has 1 aliphatic heterocycles. The van der Waals surface area contributed by atoms with E-state index in [9.17, 15) is 9.90 Å². The van der Waals surface area contributed by atoms with E-state index in [1.165, 1.54) is 18.4 Å². The highest BCUT2D eigenvalue weighted by Gasteiger charge is 2.34. The van der Waals surface area contributed by atoms with Crippen LogP contribution in [-0.2, 0) is 24.4 Å². The summed E-state index contributed by atoms with van der Waals surface area (Å²) < 4.78 is 0. The summed E-state index contributed by atoms with van der Waals surface area (Å²) >= 11 is 0. The highest BCUT2D eigenvalue weighted by Crippen LogP contribution is 2.38. The number of nitrogens with zero attached hydrogens (tertiary/aromatic N) is 2. The van der Waals surface area contributed by atoms with Crippen LogP contribution >= 0.6 is 0 Å². The molecule has 0 radical (unpaired) electrons. The number of ketones is 1. The summed E-state index contributed by atoms with van der Waals surface area (Å²) in [6.45, 7) is 2.63.